The van der Waals surface area contributed by atoms with Gasteiger partial charge in [0, 0.05) is 11.1 Å². The van der Waals surface area contributed by atoms with Crippen LogP contribution in [0.1, 0.15) is 5.56 Å². The molecule has 8 nitrogen and oxygen atoms in total. The number of benzene rings is 3. The van der Waals surface area contributed by atoms with Crippen LogP contribution in [0.15, 0.2) is 84.9 Å². The van der Waals surface area contributed by atoms with E-state index < -0.39 is 34.8 Å². The van der Waals surface area contributed by atoms with Gasteiger partial charge < -0.3 is 0 Å². The average molecular weight is 476 g/mol. The van der Waals surface area contributed by atoms with Gasteiger partial charge in [0.1, 0.15) is 5.92 Å². The molecular formula is C25H18ClN3O5. The van der Waals surface area contributed by atoms with Crippen LogP contribution in [0, 0.1) is 16.0 Å². The van der Waals surface area contributed by atoms with Crippen LogP contribution in [0.4, 0.5) is 17.1 Å². The predicted molar refractivity (Wildman–Crippen MR) is 127 cm³/mol. The molecule has 0 saturated carbocycles. The fourth-order valence-corrected chi connectivity index (χ4v) is 4.42. The van der Waals surface area contributed by atoms with E-state index in [-0.39, 0.29) is 5.69 Å². The Morgan fingerprint density at radius 3 is 2.26 bits per heavy atom. The molecule has 0 spiro atoms. The van der Waals surface area contributed by atoms with Crippen LogP contribution in [0.25, 0.3) is 6.08 Å². The second-order valence-electron chi connectivity index (χ2n) is 7.87. The third kappa shape index (κ3) is 3.72. The molecule has 170 valence electrons. The van der Waals surface area contributed by atoms with E-state index in [1.807, 2.05) is 0 Å². The van der Waals surface area contributed by atoms with Gasteiger partial charge in [-0.3, -0.25) is 24.5 Å². The molecule has 2 saturated heterocycles. The molecule has 9 heteroatoms. The topological polar surface area (TPSA) is 93.0 Å². The van der Waals surface area contributed by atoms with E-state index in [1.54, 1.807) is 84.9 Å². The second-order valence-corrected chi connectivity index (χ2v) is 8.30. The molecule has 0 unspecified atom stereocenters. The number of hydrogen-bond acceptors (Lipinski definition) is 6. The number of nitro groups is 1. The highest BCUT2D eigenvalue weighted by atomic mass is 35.5. The first-order chi connectivity index (χ1) is 16.5. The van der Waals surface area contributed by atoms with Crippen molar-refractivity contribution in [3.8, 4) is 0 Å². The van der Waals surface area contributed by atoms with Crippen LogP contribution < -0.4 is 9.96 Å². The Hall–Kier alpha value is -4.01. The monoisotopic (exact) mass is 475 g/mol. The molecule has 0 bridgehead atoms. The summed E-state index contributed by atoms with van der Waals surface area (Å²) in [5.74, 6) is -1.68. The Bertz CT molecular complexity index is 1300. The number of para-hydroxylation sites is 2. The number of carbonyl (C=O) groups is 2. The summed E-state index contributed by atoms with van der Waals surface area (Å²) in [5.41, 5.74) is 1.38. The molecular weight excluding hydrogens is 458 g/mol. The van der Waals surface area contributed by atoms with Crippen molar-refractivity contribution in [1.82, 2.24) is 0 Å². The second kappa shape index (κ2) is 8.74. The van der Waals surface area contributed by atoms with Gasteiger partial charge in [0.05, 0.1) is 27.9 Å². The zero-order valence-corrected chi connectivity index (χ0v) is 18.4. The maximum atomic E-state index is 13.5. The summed E-state index contributed by atoms with van der Waals surface area (Å²) in [4.78, 5) is 44.8. The van der Waals surface area contributed by atoms with E-state index in [0.29, 0.717) is 22.0 Å². The fourth-order valence-electron chi connectivity index (χ4n) is 4.29. The lowest BCUT2D eigenvalue weighted by atomic mass is 9.95. The molecule has 2 heterocycles. The van der Waals surface area contributed by atoms with Crippen molar-refractivity contribution in [1.29, 1.82) is 0 Å². The lowest BCUT2D eigenvalue weighted by molar-refractivity contribution is -0.385. The van der Waals surface area contributed by atoms with Gasteiger partial charge in [-0.25, -0.2) is 9.96 Å². The van der Waals surface area contributed by atoms with Gasteiger partial charge in [-0.05, 0) is 48.5 Å². The summed E-state index contributed by atoms with van der Waals surface area (Å²) in [7, 11) is 0. The molecule has 3 atom stereocenters. The first-order valence-corrected chi connectivity index (χ1v) is 10.9. The largest absolute Gasteiger partial charge is 0.276 e. The summed E-state index contributed by atoms with van der Waals surface area (Å²) in [6, 6.07) is 21.1. The van der Waals surface area contributed by atoms with Gasteiger partial charge in [-0.15, -0.1) is 0 Å². The number of fused-ring (bicyclic) bond motifs is 1. The van der Waals surface area contributed by atoms with Crippen LogP contribution in [0.2, 0.25) is 5.02 Å². The summed E-state index contributed by atoms with van der Waals surface area (Å²) in [5, 5.41) is 13.5. The standard InChI is InChI=1S/C25H18ClN3O5/c26-17-11-13-19(14-12-17)28-21(15-10-16-6-4-5-9-20(16)29(32)33)22-23(34-28)25(31)27(24(22)30)18-7-2-1-3-8-18/h1-15,21-23H/b15-10+/t21-,22-,23+/m0/s1. The van der Waals surface area contributed by atoms with Gasteiger partial charge in [0.2, 0.25) is 5.91 Å². The van der Waals surface area contributed by atoms with Crippen molar-refractivity contribution in [2.24, 2.45) is 5.92 Å². The molecule has 34 heavy (non-hydrogen) atoms. The first kappa shape index (κ1) is 21.8. The minimum absolute atomic E-state index is 0.0630. The Kier molecular flexibility index (Phi) is 5.61. The zero-order chi connectivity index (χ0) is 23.8. The van der Waals surface area contributed by atoms with Gasteiger partial charge in [-0.1, -0.05) is 48.0 Å². The number of hydrogen-bond donors (Lipinski definition) is 0. The van der Waals surface area contributed by atoms with E-state index in [9.17, 15) is 19.7 Å². The highest BCUT2D eigenvalue weighted by Gasteiger charge is 2.59. The number of halogens is 1. The van der Waals surface area contributed by atoms with Crippen LogP contribution in [0.3, 0.4) is 0 Å². The van der Waals surface area contributed by atoms with E-state index in [1.165, 1.54) is 11.1 Å². The van der Waals surface area contributed by atoms with Crippen LogP contribution >= 0.6 is 11.6 Å². The van der Waals surface area contributed by atoms with Crippen molar-refractivity contribution in [2.75, 3.05) is 9.96 Å². The lowest BCUT2D eigenvalue weighted by Gasteiger charge is -2.26. The van der Waals surface area contributed by atoms with Gasteiger partial charge >= 0.3 is 0 Å². The Morgan fingerprint density at radius 2 is 1.56 bits per heavy atom. The van der Waals surface area contributed by atoms with E-state index in [4.69, 9.17) is 16.4 Å². The number of nitro benzene ring substituents is 1. The number of amides is 2. The van der Waals surface area contributed by atoms with Crippen LogP contribution in [0.5, 0.6) is 0 Å². The summed E-state index contributed by atoms with van der Waals surface area (Å²) in [6.45, 7) is 0. The normalized spacial score (nSPS) is 22.0. The highest BCUT2D eigenvalue weighted by molar-refractivity contribution is 6.30. The van der Waals surface area contributed by atoms with Crippen molar-refractivity contribution in [3.05, 3.63) is 106 Å². The molecule has 2 aliphatic rings. The SMILES string of the molecule is O=C1[C@@H]2[C@@H](ON(c3ccc(Cl)cc3)[C@H]2/C=C/c2ccccc2[N+](=O)[O-])C(=O)N1c1ccccc1. The average Bonchev–Trinajstić information content (AvgIpc) is 3.34. The van der Waals surface area contributed by atoms with Crippen molar-refractivity contribution >= 4 is 46.6 Å². The molecule has 0 radical (unpaired) electrons. The minimum atomic E-state index is -1.02. The number of rotatable bonds is 5. The minimum Gasteiger partial charge on any atom is -0.273 e. The molecule has 0 N–H and O–H groups in total. The van der Waals surface area contributed by atoms with Crippen molar-refractivity contribution < 1.29 is 19.3 Å². The Labute approximate surface area is 199 Å². The predicted octanol–water partition coefficient (Wildman–Crippen LogP) is 4.64. The van der Waals surface area contributed by atoms with E-state index in [2.05, 4.69) is 0 Å². The molecule has 3 aromatic rings. The van der Waals surface area contributed by atoms with E-state index >= 15 is 0 Å². The van der Waals surface area contributed by atoms with Gasteiger partial charge in [0.25, 0.3) is 11.6 Å². The van der Waals surface area contributed by atoms with Crippen LogP contribution in [-0.4, -0.2) is 28.9 Å². The number of nitrogens with zero attached hydrogens (tertiary/aromatic N) is 3. The fraction of sp³-hybridized carbons (Fsp3) is 0.120. The maximum Gasteiger partial charge on any atom is 0.276 e. The van der Waals surface area contributed by atoms with E-state index in [0.717, 1.165) is 4.90 Å². The third-order valence-corrected chi connectivity index (χ3v) is 6.12. The number of anilines is 2. The number of hydroxylamine groups is 1. The Morgan fingerprint density at radius 1 is 0.882 bits per heavy atom. The van der Waals surface area contributed by atoms with Crippen molar-refractivity contribution in [2.45, 2.75) is 12.1 Å². The maximum absolute atomic E-state index is 13.5. The number of carbonyl (C=O) groups excluding carboxylic acids is 2. The summed E-state index contributed by atoms with van der Waals surface area (Å²) in [6.07, 6.45) is 2.23. The molecule has 2 aliphatic heterocycles. The first-order valence-electron chi connectivity index (χ1n) is 10.5. The number of imide groups is 1. The lowest BCUT2D eigenvalue weighted by Crippen LogP contribution is -2.39. The molecule has 5 rings (SSSR count). The molecule has 2 fully saturated rings. The van der Waals surface area contributed by atoms with Crippen molar-refractivity contribution in [3.63, 3.8) is 0 Å². The molecule has 0 aromatic heterocycles. The smallest absolute Gasteiger partial charge is 0.273 e. The highest BCUT2D eigenvalue weighted by Crippen LogP contribution is 2.41. The summed E-state index contributed by atoms with van der Waals surface area (Å²) < 4.78 is 0. The third-order valence-electron chi connectivity index (χ3n) is 5.86. The van der Waals surface area contributed by atoms with Gasteiger partial charge in [0.15, 0.2) is 6.10 Å². The zero-order valence-electron chi connectivity index (χ0n) is 17.7. The van der Waals surface area contributed by atoms with Gasteiger partial charge in [-0.2, -0.15) is 0 Å². The quantitative estimate of drug-likeness (QED) is 0.303. The molecule has 2 amide bonds. The summed E-state index contributed by atoms with van der Waals surface area (Å²) >= 11 is 6.02. The van der Waals surface area contributed by atoms with Crippen LogP contribution in [-0.2, 0) is 14.4 Å². The molecule has 0 aliphatic carbocycles. The molecule has 3 aromatic carbocycles. The Balaban J connectivity index is 1.55.